The van der Waals surface area contributed by atoms with Crippen molar-refractivity contribution in [1.82, 2.24) is 0 Å². The molecule has 1 saturated heterocycles. The highest BCUT2D eigenvalue weighted by atomic mass is 16.6. The molecule has 1 aliphatic heterocycles. The molecule has 2 N–H and O–H groups in total. The maximum atomic E-state index is 11.1. The molecular weight excluding hydrogens is 252 g/mol. The summed E-state index contributed by atoms with van der Waals surface area (Å²) in [5.74, 6) is 0.185. The second-order valence-electron chi connectivity index (χ2n) is 4.49. The molecule has 0 bridgehead atoms. The molecule has 2 rings (SSSR count). The summed E-state index contributed by atoms with van der Waals surface area (Å²) in [6.45, 7) is 0.928. The normalized spacial score (nSPS) is 22.2. The van der Waals surface area contributed by atoms with E-state index >= 15 is 0 Å². The monoisotopic (exact) mass is 268 g/mol. The van der Waals surface area contributed by atoms with Gasteiger partial charge in [0.05, 0.1) is 18.6 Å². The summed E-state index contributed by atoms with van der Waals surface area (Å²) in [5.41, 5.74) is -0.783. The van der Waals surface area contributed by atoms with Crippen molar-refractivity contribution in [3.63, 3.8) is 0 Å². The number of nitrogens with one attached hydrogen (secondary N) is 1. The number of para-hydroxylation sites is 1. The van der Waals surface area contributed by atoms with E-state index in [9.17, 15) is 15.2 Å². The number of aliphatic hydroxyl groups is 1. The van der Waals surface area contributed by atoms with E-state index in [1.165, 1.54) is 13.2 Å². The number of anilines is 1. The molecule has 7 heteroatoms. The number of hydrogen-bond donors (Lipinski definition) is 2. The van der Waals surface area contributed by atoms with Crippen LogP contribution in [0.25, 0.3) is 0 Å². The minimum Gasteiger partial charge on any atom is -0.490 e. The first-order valence-corrected chi connectivity index (χ1v) is 5.91. The first-order valence-electron chi connectivity index (χ1n) is 5.91. The van der Waals surface area contributed by atoms with Gasteiger partial charge in [-0.1, -0.05) is 6.07 Å². The summed E-state index contributed by atoms with van der Waals surface area (Å²) in [6, 6.07) is 4.76. The van der Waals surface area contributed by atoms with E-state index in [4.69, 9.17) is 9.47 Å². The minimum absolute atomic E-state index is 0.132. The van der Waals surface area contributed by atoms with E-state index in [2.05, 4.69) is 5.32 Å². The molecule has 0 saturated carbocycles. The molecular formula is C12H16N2O5. The van der Waals surface area contributed by atoms with Crippen LogP contribution >= 0.6 is 0 Å². The van der Waals surface area contributed by atoms with Crippen molar-refractivity contribution in [3.8, 4) is 5.75 Å². The van der Waals surface area contributed by atoms with Gasteiger partial charge in [-0.05, 0) is 12.1 Å². The average Bonchev–Trinajstić information content (AvgIpc) is 2.83. The molecule has 1 atom stereocenters. The SMILES string of the molecule is COc1cccc(NCC2(O)CCOC2)c1[N+](=O)[O-]. The van der Waals surface area contributed by atoms with Gasteiger partial charge in [-0.15, -0.1) is 0 Å². The van der Waals surface area contributed by atoms with Crippen LogP contribution in [0.3, 0.4) is 0 Å². The van der Waals surface area contributed by atoms with Crippen LogP contribution < -0.4 is 10.1 Å². The highest BCUT2D eigenvalue weighted by Crippen LogP contribution is 2.34. The summed E-state index contributed by atoms with van der Waals surface area (Å²) in [6.07, 6.45) is 0.512. The van der Waals surface area contributed by atoms with E-state index in [-0.39, 0.29) is 24.6 Å². The van der Waals surface area contributed by atoms with Gasteiger partial charge in [-0.3, -0.25) is 10.1 Å². The van der Waals surface area contributed by atoms with E-state index in [1.54, 1.807) is 12.1 Å². The number of methoxy groups -OCH3 is 1. The third-order valence-corrected chi connectivity index (χ3v) is 3.09. The predicted octanol–water partition coefficient (Wildman–Crippen LogP) is 1.17. The second-order valence-corrected chi connectivity index (χ2v) is 4.49. The topological polar surface area (TPSA) is 93.9 Å². The lowest BCUT2D eigenvalue weighted by atomic mass is 10.0. The Hall–Kier alpha value is -1.86. The van der Waals surface area contributed by atoms with Crippen LogP contribution in [0.15, 0.2) is 18.2 Å². The third kappa shape index (κ3) is 2.94. The van der Waals surface area contributed by atoms with Crippen LogP contribution in [0.5, 0.6) is 5.75 Å². The molecule has 1 fully saturated rings. The summed E-state index contributed by atoms with van der Waals surface area (Å²) in [7, 11) is 1.38. The first kappa shape index (κ1) is 13.6. The highest BCUT2D eigenvalue weighted by Gasteiger charge is 2.33. The lowest BCUT2D eigenvalue weighted by Crippen LogP contribution is -2.37. The number of ether oxygens (including phenoxy) is 2. The maximum Gasteiger partial charge on any atom is 0.333 e. The molecule has 1 heterocycles. The number of benzene rings is 1. The van der Waals surface area contributed by atoms with Gasteiger partial charge in [0, 0.05) is 19.6 Å². The van der Waals surface area contributed by atoms with E-state index in [1.807, 2.05) is 0 Å². The van der Waals surface area contributed by atoms with Gasteiger partial charge in [0.2, 0.25) is 0 Å². The van der Waals surface area contributed by atoms with Gasteiger partial charge in [-0.2, -0.15) is 0 Å². The predicted molar refractivity (Wildman–Crippen MR) is 68.5 cm³/mol. The van der Waals surface area contributed by atoms with Crippen molar-refractivity contribution in [2.24, 2.45) is 0 Å². The molecule has 0 amide bonds. The van der Waals surface area contributed by atoms with Crippen LogP contribution in [0.2, 0.25) is 0 Å². The fourth-order valence-electron chi connectivity index (χ4n) is 2.01. The number of hydrogen-bond acceptors (Lipinski definition) is 6. The fourth-order valence-corrected chi connectivity index (χ4v) is 2.01. The Morgan fingerprint density at radius 2 is 2.42 bits per heavy atom. The largest absolute Gasteiger partial charge is 0.490 e. The molecule has 7 nitrogen and oxygen atoms in total. The molecule has 1 unspecified atom stereocenters. The quantitative estimate of drug-likeness (QED) is 0.615. The van der Waals surface area contributed by atoms with Crippen molar-refractivity contribution in [2.45, 2.75) is 12.0 Å². The highest BCUT2D eigenvalue weighted by molar-refractivity contribution is 5.68. The van der Waals surface area contributed by atoms with Gasteiger partial charge in [0.25, 0.3) is 0 Å². The Morgan fingerprint density at radius 3 is 3.00 bits per heavy atom. The van der Waals surface area contributed by atoms with Crippen LogP contribution in [0.4, 0.5) is 11.4 Å². The summed E-state index contributed by atoms with van der Waals surface area (Å²) in [5, 5.41) is 24.1. The third-order valence-electron chi connectivity index (χ3n) is 3.09. The lowest BCUT2D eigenvalue weighted by Gasteiger charge is -2.21. The molecule has 1 aromatic rings. The smallest absolute Gasteiger partial charge is 0.333 e. The molecule has 0 spiro atoms. The summed E-state index contributed by atoms with van der Waals surface area (Å²) < 4.78 is 10.1. The Bertz CT molecular complexity index is 471. The zero-order valence-electron chi connectivity index (χ0n) is 10.6. The van der Waals surface area contributed by atoms with Crippen LogP contribution in [0.1, 0.15) is 6.42 Å². The van der Waals surface area contributed by atoms with Crippen molar-refractivity contribution in [3.05, 3.63) is 28.3 Å². The van der Waals surface area contributed by atoms with Gasteiger partial charge >= 0.3 is 5.69 Å². The van der Waals surface area contributed by atoms with Crippen molar-refractivity contribution < 1.29 is 19.5 Å². The maximum absolute atomic E-state index is 11.1. The fraction of sp³-hybridized carbons (Fsp3) is 0.500. The average molecular weight is 268 g/mol. The van der Waals surface area contributed by atoms with Gasteiger partial charge < -0.3 is 19.9 Å². The standard InChI is InChI=1S/C12H16N2O5/c1-18-10-4-2-3-9(11(10)14(16)17)13-7-12(15)5-6-19-8-12/h2-4,13,15H,5-8H2,1H3. The van der Waals surface area contributed by atoms with Crippen molar-refractivity contribution >= 4 is 11.4 Å². The molecule has 19 heavy (non-hydrogen) atoms. The number of nitrogens with zero attached hydrogens (tertiary/aromatic N) is 1. The zero-order valence-corrected chi connectivity index (χ0v) is 10.6. The van der Waals surface area contributed by atoms with Crippen molar-refractivity contribution in [2.75, 3.05) is 32.2 Å². The molecule has 0 aromatic heterocycles. The Kier molecular flexibility index (Phi) is 3.87. The van der Waals surface area contributed by atoms with E-state index in [0.717, 1.165) is 0 Å². The summed E-state index contributed by atoms with van der Waals surface area (Å²) in [4.78, 5) is 10.6. The van der Waals surface area contributed by atoms with Gasteiger partial charge in [-0.25, -0.2) is 0 Å². The summed E-state index contributed by atoms with van der Waals surface area (Å²) >= 11 is 0. The van der Waals surface area contributed by atoms with Gasteiger partial charge in [0.15, 0.2) is 5.75 Å². The number of nitro groups is 1. The molecule has 0 aliphatic carbocycles. The Balaban J connectivity index is 2.17. The Labute approximate surface area is 110 Å². The zero-order chi connectivity index (χ0) is 13.9. The van der Waals surface area contributed by atoms with Crippen molar-refractivity contribution in [1.29, 1.82) is 0 Å². The number of nitro benzene ring substituents is 1. The molecule has 104 valence electrons. The Morgan fingerprint density at radius 1 is 1.63 bits per heavy atom. The first-order chi connectivity index (χ1) is 9.06. The van der Waals surface area contributed by atoms with Crippen LogP contribution in [-0.2, 0) is 4.74 Å². The second kappa shape index (κ2) is 5.41. The van der Waals surface area contributed by atoms with Crippen LogP contribution in [0, 0.1) is 10.1 Å². The van der Waals surface area contributed by atoms with Crippen LogP contribution in [-0.4, -0.2) is 42.5 Å². The molecule has 1 aromatic carbocycles. The lowest BCUT2D eigenvalue weighted by molar-refractivity contribution is -0.384. The molecule has 0 radical (unpaired) electrons. The van der Waals surface area contributed by atoms with E-state index in [0.29, 0.717) is 18.7 Å². The molecule has 1 aliphatic rings. The number of rotatable bonds is 5. The van der Waals surface area contributed by atoms with E-state index < -0.39 is 10.5 Å². The minimum atomic E-state index is -0.975. The van der Waals surface area contributed by atoms with Gasteiger partial charge in [0.1, 0.15) is 11.3 Å².